The van der Waals surface area contributed by atoms with E-state index in [1.165, 1.54) is 99.4 Å². The molecule has 0 spiro atoms. The molecule has 338 valence electrons. The fraction of sp³-hybridized carbons (Fsp3) is 0.0870. The Bertz CT molecular complexity index is 3930. The Labute approximate surface area is 416 Å². The lowest BCUT2D eigenvalue weighted by Gasteiger charge is -2.24. The predicted molar refractivity (Wildman–Crippen MR) is 302 cm³/mol. The number of para-hydroxylation sites is 1. The van der Waals surface area contributed by atoms with Crippen LogP contribution in [-0.2, 0) is 10.8 Å². The minimum atomic E-state index is -0.122. The molecular formula is C69H52N2. The highest BCUT2D eigenvalue weighted by Gasteiger charge is 2.37. The molecule has 2 nitrogen and oxygen atoms in total. The van der Waals surface area contributed by atoms with Crippen molar-refractivity contribution in [3.05, 3.63) is 258 Å². The molecule has 0 bridgehead atoms. The zero-order valence-electron chi connectivity index (χ0n) is 40.5. The predicted octanol–water partition coefficient (Wildman–Crippen LogP) is 18.8. The van der Waals surface area contributed by atoms with Crippen LogP contribution in [0.2, 0.25) is 0 Å². The van der Waals surface area contributed by atoms with E-state index >= 15 is 0 Å². The van der Waals surface area contributed by atoms with Gasteiger partial charge in [-0.15, -0.1) is 0 Å². The Kier molecular flexibility index (Phi) is 9.90. The van der Waals surface area contributed by atoms with E-state index in [1.807, 2.05) is 42.6 Å². The SMILES string of the molecule is CC1(C)c2ccccc2-c2ccc(-c3c4ccccc4c(-c4ccc5c(c4)C(C)(C)c4ccccc4-5)c4cc(-c5ccc(-c6ccc(Nc7ccccc7)c(/N=C/c7ccccc7)c6)cc5)ccc34)cc21. The van der Waals surface area contributed by atoms with Crippen LogP contribution in [0.4, 0.5) is 17.1 Å². The van der Waals surface area contributed by atoms with E-state index in [0.717, 1.165) is 33.8 Å². The normalized spacial score (nSPS) is 13.8. The number of nitrogens with one attached hydrogen (secondary N) is 1. The van der Waals surface area contributed by atoms with Crippen molar-refractivity contribution >= 4 is 44.8 Å². The van der Waals surface area contributed by atoms with Crippen molar-refractivity contribution in [3.8, 4) is 66.8 Å². The van der Waals surface area contributed by atoms with Crippen LogP contribution in [0.25, 0.3) is 88.3 Å². The van der Waals surface area contributed by atoms with Gasteiger partial charge >= 0.3 is 0 Å². The number of aliphatic imine (C=N–C) groups is 1. The van der Waals surface area contributed by atoms with Crippen LogP contribution >= 0.6 is 0 Å². The van der Waals surface area contributed by atoms with Gasteiger partial charge in [0, 0.05) is 22.7 Å². The van der Waals surface area contributed by atoms with Gasteiger partial charge in [0.15, 0.2) is 0 Å². The van der Waals surface area contributed by atoms with Crippen LogP contribution < -0.4 is 5.32 Å². The van der Waals surface area contributed by atoms with E-state index in [4.69, 9.17) is 4.99 Å². The van der Waals surface area contributed by atoms with Crippen LogP contribution in [0.1, 0.15) is 55.5 Å². The van der Waals surface area contributed by atoms with Gasteiger partial charge in [0.1, 0.15) is 0 Å². The minimum Gasteiger partial charge on any atom is -0.354 e. The highest BCUT2D eigenvalue weighted by atomic mass is 14.9. The molecule has 0 fully saturated rings. The summed E-state index contributed by atoms with van der Waals surface area (Å²) in [7, 11) is 0. The van der Waals surface area contributed by atoms with E-state index in [-0.39, 0.29) is 10.8 Å². The molecule has 0 aliphatic heterocycles. The highest BCUT2D eigenvalue weighted by molar-refractivity contribution is 6.22. The van der Waals surface area contributed by atoms with Crippen LogP contribution in [-0.4, -0.2) is 6.21 Å². The number of anilines is 2. The fourth-order valence-electron chi connectivity index (χ4n) is 11.8. The molecule has 13 rings (SSSR count). The Balaban J connectivity index is 0.960. The summed E-state index contributed by atoms with van der Waals surface area (Å²) in [5.74, 6) is 0. The zero-order chi connectivity index (χ0) is 47.8. The molecule has 0 radical (unpaired) electrons. The van der Waals surface area contributed by atoms with E-state index in [1.54, 1.807) is 0 Å². The third-order valence-corrected chi connectivity index (χ3v) is 15.5. The molecule has 11 aromatic carbocycles. The largest absolute Gasteiger partial charge is 0.354 e. The summed E-state index contributed by atoms with van der Waals surface area (Å²) in [6.45, 7) is 9.52. The molecule has 1 N–H and O–H groups in total. The summed E-state index contributed by atoms with van der Waals surface area (Å²) in [4.78, 5) is 5.02. The Morgan fingerprint density at radius 1 is 0.338 bits per heavy atom. The van der Waals surface area contributed by atoms with Crippen molar-refractivity contribution in [2.75, 3.05) is 5.32 Å². The van der Waals surface area contributed by atoms with Gasteiger partial charge < -0.3 is 5.32 Å². The summed E-state index contributed by atoms with van der Waals surface area (Å²) in [6.07, 6.45) is 1.94. The molecule has 0 unspecified atom stereocenters. The zero-order valence-corrected chi connectivity index (χ0v) is 40.5. The first-order chi connectivity index (χ1) is 34.7. The average molecular weight is 909 g/mol. The topological polar surface area (TPSA) is 24.4 Å². The number of hydrogen-bond donors (Lipinski definition) is 1. The third-order valence-electron chi connectivity index (χ3n) is 15.5. The molecule has 71 heavy (non-hydrogen) atoms. The molecule has 0 amide bonds. The maximum absolute atomic E-state index is 5.02. The molecule has 2 heteroatoms. The number of nitrogens with zero attached hydrogens (tertiary/aromatic N) is 1. The van der Waals surface area contributed by atoms with Crippen LogP contribution in [0.15, 0.2) is 236 Å². The van der Waals surface area contributed by atoms with Crippen molar-refractivity contribution in [1.82, 2.24) is 0 Å². The molecule has 2 aliphatic rings. The van der Waals surface area contributed by atoms with Gasteiger partial charge in [-0.1, -0.05) is 216 Å². The summed E-state index contributed by atoms with van der Waals surface area (Å²) in [5.41, 5.74) is 24.2. The van der Waals surface area contributed by atoms with Crippen LogP contribution in [0, 0.1) is 0 Å². The second-order valence-corrected chi connectivity index (χ2v) is 20.4. The van der Waals surface area contributed by atoms with Crippen LogP contribution in [0.5, 0.6) is 0 Å². The first kappa shape index (κ1) is 42.5. The smallest absolute Gasteiger partial charge is 0.0870 e. The second kappa shape index (κ2) is 16.5. The fourth-order valence-corrected chi connectivity index (χ4v) is 11.8. The Morgan fingerprint density at radius 2 is 0.775 bits per heavy atom. The third kappa shape index (κ3) is 7.04. The first-order valence-corrected chi connectivity index (χ1v) is 24.8. The molecule has 0 saturated heterocycles. The number of benzene rings is 11. The van der Waals surface area contributed by atoms with Crippen molar-refractivity contribution in [1.29, 1.82) is 0 Å². The first-order valence-electron chi connectivity index (χ1n) is 24.8. The monoisotopic (exact) mass is 908 g/mol. The lowest BCUT2D eigenvalue weighted by Crippen LogP contribution is -2.15. The number of fused-ring (bicyclic) bond motifs is 8. The Morgan fingerprint density at radius 3 is 1.37 bits per heavy atom. The van der Waals surface area contributed by atoms with Gasteiger partial charge in [0.25, 0.3) is 0 Å². The Hall–Kier alpha value is -8.59. The number of rotatable bonds is 8. The van der Waals surface area contributed by atoms with Gasteiger partial charge in [0.2, 0.25) is 0 Å². The summed E-state index contributed by atoms with van der Waals surface area (Å²) in [6, 6.07) is 84.7. The second-order valence-electron chi connectivity index (χ2n) is 20.4. The van der Waals surface area contributed by atoms with Gasteiger partial charge in [-0.2, -0.15) is 0 Å². The maximum Gasteiger partial charge on any atom is 0.0870 e. The maximum atomic E-state index is 5.02. The molecule has 11 aromatic rings. The van der Waals surface area contributed by atoms with Gasteiger partial charge in [-0.05, 0) is 159 Å². The van der Waals surface area contributed by atoms with Gasteiger partial charge in [-0.3, -0.25) is 4.99 Å². The molecule has 0 aromatic heterocycles. The average Bonchev–Trinajstić information content (AvgIpc) is 3.79. The molecular weight excluding hydrogens is 857 g/mol. The van der Waals surface area contributed by atoms with Crippen molar-refractivity contribution in [3.63, 3.8) is 0 Å². The van der Waals surface area contributed by atoms with Crippen LogP contribution in [0.3, 0.4) is 0 Å². The number of hydrogen-bond acceptors (Lipinski definition) is 2. The lowest BCUT2D eigenvalue weighted by atomic mass is 9.79. The molecule has 0 atom stereocenters. The van der Waals surface area contributed by atoms with E-state index < -0.39 is 0 Å². The van der Waals surface area contributed by atoms with Crippen molar-refractivity contribution in [2.45, 2.75) is 38.5 Å². The summed E-state index contributed by atoms with van der Waals surface area (Å²) in [5, 5.41) is 8.62. The quantitative estimate of drug-likeness (QED) is 0.119. The van der Waals surface area contributed by atoms with E-state index in [9.17, 15) is 0 Å². The molecule has 0 saturated carbocycles. The standard InChI is InChI=1S/C69H52N2/c1-68(2)60-25-15-13-21-52(60)54-35-32-49(40-62(54)68)66-56-23-11-12-24-57(56)67(50-33-36-55-53-22-14-16-26-61(53)69(3,4)63(55)41-50)59-39-47(31-37-58(59)66)45-27-29-46(30-28-45)48-34-38-64(71-51-19-9-6-10-20-51)65(42-48)70-43-44-17-7-5-8-18-44/h5-43,71H,1-4H3/b70-43+. The lowest BCUT2D eigenvalue weighted by molar-refractivity contribution is 0.660. The summed E-state index contributed by atoms with van der Waals surface area (Å²) < 4.78 is 0. The van der Waals surface area contributed by atoms with Crippen molar-refractivity contribution < 1.29 is 0 Å². The molecule has 2 aliphatic carbocycles. The van der Waals surface area contributed by atoms with Gasteiger partial charge in [0.05, 0.1) is 11.4 Å². The minimum absolute atomic E-state index is 0.111. The van der Waals surface area contributed by atoms with Crippen molar-refractivity contribution in [2.24, 2.45) is 4.99 Å². The highest BCUT2D eigenvalue weighted by Crippen LogP contribution is 2.54. The van der Waals surface area contributed by atoms with E-state index in [0.29, 0.717) is 0 Å². The van der Waals surface area contributed by atoms with Gasteiger partial charge in [-0.25, -0.2) is 0 Å². The van der Waals surface area contributed by atoms with E-state index in [2.05, 4.69) is 227 Å². The summed E-state index contributed by atoms with van der Waals surface area (Å²) >= 11 is 0. The molecule has 0 heterocycles.